The summed E-state index contributed by atoms with van der Waals surface area (Å²) in [5.41, 5.74) is 0. The summed E-state index contributed by atoms with van der Waals surface area (Å²) in [5, 5.41) is 0. The number of hydrogen-bond acceptors (Lipinski definition) is 0. The minimum atomic E-state index is -0.185. The van der Waals surface area contributed by atoms with Crippen LogP contribution < -0.4 is 0 Å². The molecule has 7 heavy (non-hydrogen) atoms. The average molecular weight is 112 g/mol. The lowest BCUT2D eigenvalue weighted by molar-refractivity contribution is 2.05. The van der Waals surface area contributed by atoms with Crippen LogP contribution in [-0.4, -0.2) is 12.5 Å². The molecule has 1 aliphatic rings. The summed E-state index contributed by atoms with van der Waals surface area (Å²) in [5.74, 6) is 4.54. The van der Waals surface area contributed by atoms with Gasteiger partial charge in [-0.25, -0.2) is 0 Å². The van der Waals surface area contributed by atoms with Gasteiger partial charge in [-0.2, -0.15) is 0 Å². The fourth-order valence-corrected chi connectivity index (χ4v) is 1.47. The van der Waals surface area contributed by atoms with Gasteiger partial charge in [0.1, 0.15) is 0 Å². The molecule has 0 bridgehead atoms. The van der Waals surface area contributed by atoms with Crippen LogP contribution in [0.1, 0.15) is 0 Å². The molecule has 0 aliphatic carbocycles. The van der Waals surface area contributed by atoms with E-state index in [1.807, 2.05) is 0 Å². The molecule has 1 unspecified atom stereocenters. The fraction of sp³-hybridized carbons (Fsp3) is 0.167. The molecule has 1 rings (SSSR count). The topological polar surface area (TPSA) is 0 Å². The zero-order valence-corrected chi connectivity index (χ0v) is 5.39. The van der Waals surface area contributed by atoms with Gasteiger partial charge in [0.15, 0.2) is 0 Å². The van der Waals surface area contributed by atoms with Gasteiger partial charge in [0, 0.05) is 0 Å². The third-order valence-electron chi connectivity index (χ3n) is 0.940. The van der Waals surface area contributed by atoms with E-state index in [1.165, 1.54) is 0 Å². The number of allylic oxidation sites excluding steroid dienone is 3. The first kappa shape index (κ1) is 4.93. The van der Waals surface area contributed by atoms with Gasteiger partial charge in [-0.15, -0.1) is 7.55 Å². The molecule has 0 N–H and O–H groups in total. The maximum absolute atomic E-state index is 2.27. The summed E-state index contributed by atoms with van der Waals surface area (Å²) in [4.78, 5) is 0. The van der Waals surface area contributed by atoms with E-state index in [-0.39, 0.29) is 7.55 Å². The van der Waals surface area contributed by atoms with Crippen molar-refractivity contribution in [3.05, 3.63) is 24.0 Å². The molecule has 0 nitrogen and oxygen atoms in total. The van der Waals surface area contributed by atoms with Crippen molar-refractivity contribution in [1.82, 2.24) is 0 Å². The van der Waals surface area contributed by atoms with Crippen LogP contribution in [0.4, 0.5) is 0 Å². The van der Waals surface area contributed by atoms with Crippen molar-refractivity contribution in [2.75, 3.05) is 6.66 Å². The first-order valence-corrected chi connectivity index (χ1v) is 4.57. The highest BCUT2D eigenvalue weighted by Crippen LogP contribution is 2.19. The molecule has 0 saturated heterocycles. The number of hydrogen-bond donors (Lipinski definition) is 0. The van der Waals surface area contributed by atoms with E-state index in [4.69, 9.17) is 0 Å². The van der Waals surface area contributed by atoms with Crippen LogP contribution in [0.25, 0.3) is 0 Å². The van der Waals surface area contributed by atoms with E-state index in [1.54, 1.807) is 0 Å². The molecule has 0 fully saturated rings. The average Bonchev–Trinajstić information content (AvgIpc) is 1.69. The minimum Gasteiger partial charge on any atom is -0.100 e. The van der Waals surface area contributed by atoms with E-state index < -0.39 is 0 Å². The Morgan fingerprint density at radius 3 is 2.29 bits per heavy atom. The maximum atomic E-state index is 2.27. The smallest absolute Gasteiger partial charge is 0.0439 e. The quantitative estimate of drug-likeness (QED) is 0.418. The van der Waals surface area contributed by atoms with Crippen LogP contribution in [0.15, 0.2) is 24.0 Å². The Labute approximate surface area is 44.9 Å². The van der Waals surface area contributed by atoms with Crippen molar-refractivity contribution in [2.24, 2.45) is 0 Å². The predicted molar refractivity (Wildman–Crippen MR) is 38.6 cm³/mol. The summed E-state index contributed by atoms with van der Waals surface area (Å²) in [6.45, 7) is 2.27. The van der Waals surface area contributed by atoms with Gasteiger partial charge in [-0.3, -0.25) is 0 Å². The second kappa shape index (κ2) is 2.18. The highest BCUT2D eigenvalue weighted by Gasteiger charge is 1.77. The minimum absolute atomic E-state index is 0.185. The highest BCUT2D eigenvalue weighted by atomic mass is 31.1. The van der Waals surface area contributed by atoms with Gasteiger partial charge in [0.2, 0.25) is 0 Å². The van der Waals surface area contributed by atoms with Crippen LogP contribution in [0.3, 0.4) is 0 Å². The first-order chi connectivity index (χ1) is 3.39. The maximum Gasteiger partial charge on any atom is -0.0439 e. The van der Waals surface area contributed by atoms with E-state index >= 15 is 0 Å². The van der Waals surface area contributed by atoms with Gasteiger partial charge >= 0.3 is 0 Å². The molecule has 0 aromatic carbocycles. The first-order valence-electron chi connectivity index (χ1n) is 2.41. The Hall–Kier alpha value is -0.220. The summed E-state index contributed by atoms with van der Waals surface area (Å²) in [6.07, 6.45) is 6.31. The molecule has 0 amide bonds. The molecule has 0 aromatic heterocycles. The zero-order chi connectivity index (χ0) is 5.11. The SMILES string of the molecule is C[PH]1=CC=CC=C1. The van der Waals surface area contributed by atoms with Crippen molar-refractivity contribution in [3.63, 3.8) is 0 Å². The van der Waals surface area contributed by atoms with Crippen molar-refractivity contribution in [1.29, 1.82) is 0 Å². The molecule has 0 spiro atoms. The zero-order valence-electron chi connectivity index (χ0n) is 4.39. The van der Waals surface area contributed by atoms with Crippen LogP contribution in [0.5, 0.6) is 0 Å². The molecule has 1 aliphatic heterocycles. The third kappa shape index (κ3) is 1.36. The molecular formula is C6H9P. The lowest BCUT2D eigenvalue weighted by Crippen LogP contribution is -1.64. The predicted octanol–water partition coefficient (Wildman–Crippen LogP) is 1.72. The largest absolute Gasteiger partial charge is 0.100 e. The Kier molecular flexibility index (Phi) is 1.54. The van der Waals surface area contributed by atoms with E-state index in [0.717, 1.165) is 0 Å². The van der Waals surface area contributed by atoms with Crippen molar-refractivity contribution in [2.45, 2.75) is 0 Å². The molecule has 0 aromatic rings. The van der Waals surface area contributed by atoms with Gasteiger partial charge in [0.25, 0.3) is 0 Å². The molecule has 0 saturated carbocycles. The molecule has 0 radical (unpaired) electrons. The Bertz CT molecular complexity index is 140. The second-order valence-corrected chi connectivity index (χ2v) is 3.81. The number of rotatable bonds is 0. The fourth-order valence-electron chi connectivity index (χ4n) is 0.534. The Balaban J connectivity index is 2.82. The van der Waals surface area contributed by atoms with Crippen molar-refractivity contribution < 1.29 is 0 Å². The monoisotopic (exact) mass is 112 g/mol. The molecule has 1 atom stereocenters. The van der Waals surface area contributed by atoms with Crippen LogP contribution >= 0.6 is 7.55 Å². The normalized spacial score (nSPS) is 27.3. The molecule has 38 valence electrons. The van der Waals surface area contributed by atoms with Crippen LogP contribution in [0, 0.1) is 0 Å². The summed E-state index contributed by atoms with van der Waals surface area (Å²) in [6, 6.07) is 0. The lowest BCUT2D eigenvalue weighted by atomic mass is 10.5. The van der Waals surface area contributed by atoms with Crippen molar-refractivity contribution in [3.8, 4) is 0 Å². The van der Waals surface area contributed by atoms with E-state index in [0.29, 0.717) is 0 Å². The van der Waals surface area contributed by atoms with Gasteiger partial charge in [-0.1, -0.05) is 29.8 Å². The Morgan fingerprint density at radius 1 is 1.14 bits per heavy atom. The van der Waals surface area contributed by atoms with E-state index in [2.05, 4.69) is 36.5 Å². The molecule has 1 heteroatoms. The summed E-state index contributed by atoms with van der Waals surface area (Å²) >= 11 is 0. The third-order valence-corrected chi connectivity index (χ3v) is 2.38. The second-order valence-electron chi connectivity index (χ2n) is 1.65. The summed E-state index contributed by atoms with van der Waals surface area (Å²) in [7, 11) is -0.185. The van der Waals surface area contributed by atoms with Crippen molar-refractivity contribution >= 4 is 13.3 Å². The molecular weight excluding hydrogens is 103 g/mol. The van der Waals surface area contributed by atoms with Crippen LogP contribution in [-0.2, 0) is 0 Å². The summed E-state index contributed by atoms with van der Waals surface area (Å²) < 4.78 is 0. The van der Waals surface area contributed by atoms with E-state index in [9.17, 15) is 0 Å². The standard InChI is InChI=1S/C6H9P/c1-7-5-3-2-4-6-7/h2-7H,1H3. The Morgan fingerprint density at radius 2 is 2.00 bits per heavy atom. The van der Waals surface area contributed by atoms with Gasteiger partial charge in [0.05, 0.1) is 0 Å². The highest BCUT2D eigenvalue weighted by molar-refractivity contribution is 7.60. The van der Waals surface area contributed by atoms with Gasteiger partial charge in [-0.05, 0) is 6.66 Å². The molecule has 1 heterocycles. The van der Waals surface area contributed by atoms with Gasteiger partial charge < -0.3 is 0 Å². The van der Waals surface area contributed by atoms with Crippen LogP contribution in [0.2, 0.25) is 0 Å². The lowest BCUT2D eigenvalue weighted by Gasteiger charge is -1.91.